The van der Waals surface area contributed by atoms with Crippen molar-refractivity contribution in [2.24, 2.45) is 0 Å². The quantitative estimate of drug-likeness (QED) is 0.683. The third-order valence-corrected chi connectivity index (χ3v) is 5.18. The molecule has 27 heavy (non-hydrogen) atoms. The molecule has 0 atom stereocenters. The molecule has 0 bridgehead atoms. The van der Waals surface area contributed by atoms with Gasteiger partial charge in [0.2, 0.25) is 0 Å². The van der Waals surface area contributed by atoms with E-state index >= 15 is 0 Å². The Morgan fingerprint density at radius 2 is 2.00 bits per heavy atom. The van der Waals surface area contributed by atoms with Crippen molar-refractivity contribution in [1.82, 2.24) is 0 Å². The minimum Gasteiger partial charge on any atom is -0.484 e. The normalized spacial score (nSPS) is 12.8. The molecular weight excluding hydrogens is 366 g/mol. The van der Waals surface area contributed by atoms with Crippen molar-refractivity contribution in [3.8, 4) is 5.75 Å². The molecule has 0 fully saturated rings. The van der Waals surface area contributed by atoms with Gasteiger partial charge in [-0.15, -0.1) is 0 Å². The Labute approximate surface area is 160 Å². The minimum absolute atomic E-state index is 0.161. The minimum atomic E-state index is -0.301. The zero-order valence-electron chi connectivity index (χ0n) is 14.8. The van der Waals surface area contributed by atoms with Crippen molar-refractivity contribution in [2.75, 3.05) is 11.9 Å². The standard InChI is InChI=1S/C21H18ClNO4/c1-12-5-6-13(9-18(12)22)23-20(24)11-26-14-7-8-16-15-3-2-4-17(15)21(25)27-19(16)10-14/h5-10H,2-4,11H2,1H3,(H,23,24). The predicted molar refractivity (Wildman–Crippen MR) is 105 cm³/mol. The molecular formula is C21H18ClNO4. The predicted octanol–water partition coefficient (Wildman–Crippen LogP) is 4.26. The molecule has 1 heterocycles. The molecule has 2 aromatic carbocycles. The third-order valence-electron chi connectivity index (χ3n) is 4.77. The maximum atomic E-state index is 12.1. The van der Waals surface area contributed by atoms with Gasteiger partial charge in [0.15, 0.2) is 6.61 Å². The highest BCUT2D eigenvalue weighted by Gasteiger charge is 2.19. The van der Waals surface area contributed by atoms with Crippen LogP contribution in [-0.2, 0) is 17.6 Å². The van der Waals surface area contributed by atoms with Gasteiger partial charge in [-0.25, -0.2) is 4.79 Å². The summed E-state index contributed by atoms with van der Waals surface area (Å²) in [6, 6.07) is 10.6. The summed E-state index contributed by atoms with van der Waals surface area (Å²) in [7, 11) is 0. The topological polar surface area (TPSA) is 68.5 Å². The van der Waals surface area contributed by atoms with Crippen LogP contribution >= 0.6 is 11.6 Å². The fraction of sp³-hybridized carbons (Fsp3) is 0.238. The summed E-state index contributed by atoms with van der Waals surface area (Å²) in [5.74, 6) is 0.172. The number of hydrogen-bond donors (Lipinski definition) is 1. The number of nitrogens with one attached hydrogen (secondary N) is 1. The van der Waals surface area contributed by atoms with Crippen LogP contribution in [0.5, 0.6) is 5.75 Å². The fourth-order valence-corrected chi connectivity index (χ4v) is 3.55. The molecule has 1 amide bonds. The van der Waals surface area contributed by atoms with Gasteiger partial charge in [-0.3, -0.25) is 4.79 Å². The Kier molecular flexibility index (Phi) is 4.62. The molecule has 1 aromatic heterocycles. The van der Waals surface area contributed by atoms with Crippen molar-refractivity contribution >= 4 is 34.2 Å². The van der Waals surface area contributed by atoms with Crippen LogP contribution in [-0.4, -0.2) is 12.5 Å². The molecule has 138 valence electrons. The Bertz CT molecular complexity index is 1100. The van der Waals surface area contributed by atoms with E-state index in [0.29, 0.717) is 22.0 Å². The largest absolute Gasteiger partial charge is 0.484 e. The van der Waals surface area contributed by atoms with Gasteiger partial charge in [0.1, 0.15) is 11.3 Å². The summed E-state index contributed by atoms with van der Waals surface area (Å²) in [4.78, 5) is 24.2. The van der Waals surface area contributed by atoms with E-state index < -0.39 is 0 Å². The number of fused-ring (bicyclic) bond motifs is 3. The van der Waals surface area contributed by atoms with Gasteiger partial charge in [0.05, 0.1) is 0 Å². The van der Waals surface area contributed by atoms with Crippen LogP contribution in [0.1, 0.15) is 23.1 Å². The second kappa shape index (κ2) is 7.08. The van der Waals surface area contributed by atoms with Gasteiger partial charge in [0.25, 0.3) is 5.91 Å². The van der Waals surface area contributed by atoms with Crippen molar-refractivity contribution in [3.63, 3.8) is 0 Å². The highest BCUT2D eigenvalue weighted by atomic mass is 35.5. The number of carbonyl (C=O) groups excluding carboxylic acids is 1. The Balaban J connectivity index is 1.47. The first-order chi connectivity index (χ1) is 13.0. The first-order valence-corrected chi connectivity index (χ1v) is 9.16. The number of amides is 1. The Morgan fingerprint density at radius 1 is 1.19 bits per heavy atom. The van der Waals surface area contributed by atoms with Crippen LogP contribution in [0.15, 0.2) is 45.6 Å². The van der Waals surface area contributed by atoms with E-state index in [4.69, 9.17) is 20.8 Å². The lowest BCUT2D eigenvalue weighted by Crippen LogP contribution is -2.20. The lowest BCUT2D eigenvalue weighted by molar-refractivity contribution is -0.118. The molecule has 0 saturated heterocycles. The van der Waals surface area contributed by atoms with Crippen molar-refractivity contribution in [2.45, 2.75) is 26.2 Å². The van der Waals surface area contributed by atoms with E-state index in [1.165, 1.54) is 0 Å². The van der Waals surface area contributed by atoms with Crippen LogP contribution in [0.25, 0.3) is 11.0 Å². The number of carbonyl (C=O) groups is 1. The molecule has 0 unspecified atom stereocenters. The number of halogens is 1. The molecule has 4 rings (SSSR count). The highest BCUT2D eigenvalue weighted by Crippen LogP contribution is 2.29. The van der Waals surface area contributed by atoms with Crippen molar-refractivity contribution in [3.05, 3.63) is 68.5 Å². The smallest absolute Gasteiger partial charge is 0.339 e. The maximum absolute atomic E-state index is 12.1. The van der Waals surface area contributed by atoms with Gasteiger partial charge in [-0.05, 0) is 61.6 Å². The molecule has 0 saturated carbocycles. The van der Waals surface area contributed by atoms with Crippen LogP contribution in [0.3, 0.4) is 0 Å². The van der Waals surface area contributed by atoms with Gasteiger partial charge < -0.3 is 14.5 Å². The molecule has 1 aliphatic carbocycles. The second-order valence-electron chi connectivity index (χ2n) is 6.66. The summed E-state index contributed by atoms with van der Waals surface area (Å²) in [6.45, 7) is 1.73. The first-order valence-electron chi connectivity index (χ1n) is 8.79. The van der Waals surface area contributed by atoms with Gasteiger partial charge >= 0.3 is 5.63 Å². The summed E-state index contributed by atoms with van der Waals surface area (Å²) < 4.78 is 11.0. The third kappa shape index (κ3) is 3.55. The summed E-state index contributed by atoms with van der Waals surface area (Å²) in [5.41, 5.74) is 3.62. The Hall–Kier alpha value is -2.79. The van der Waals surface area contributed by atoms with Crippen LogP contribution in [0, 0.1) is 6.92 Å². The number of benzene rings is 2. The maximum Gasteiger partial charge on any atom is 0.339 e. The fourth-order valence-electron chi connectivity index (χ4n) is 3.37. The average Bonchev–Trinajstić information content (AvgIpc) is 3.14. The van der Waals surface area contributed by atoms with E-state index in [0.717, 1.165) is 41.3 Å². The van der Waals surface area contributed by atoms with Gasteiger partial charge in [0, 0.05) is 27.7 Å². The SMILES string of the molecule is Cc1ccc(NC(=O)COc2ccc3c4c(c(=O)oc3c2)CCC4)cc1Cl. The average molecular weight is 384 g/mol. The van der Waals surface area contributed by atoms with Crippen LogP contribution < -0.4 is 15.7 Å². The molecule has 1 aliphatic rings. The van der Waals surface area contributed by atoms with E-state index in [-0.39, 0.29) is 18.1 Å². The first kappa shape index (κ1) is 17.6. The second-order valence-corrected chi connectivity index (χ2v) is 7.07. The van der Waals surface area contributed by atoms with E-state index in [9.17, 15) is 9.59 Å². The number of rotatable bonds is 4. The summed E-state index contributed by atoms with van der Waals surface area (Å²) in [5, 5.41) is 4.27. The monoisotopic (exact) mass is 383 g/mol. The van der Waals surface area contributed by atoms with Crippen LogP contribution in [0.4, 0.5) is 5.69 Å². The molecule has 3 aromatic rings. The van der Waals surface area contributed by atoms with Crippen molar-refractivity contribution < 1.29 is 13.9 Å². The molecule has 1 N–H and O–H groups in total. The molecule has 6 heteroatoms. The highest BCUT2D eigenvalue weighted by molar-refractivity contribution is 6.31. The summed E-state index contributed by atoms with van der Waals surface area (Å²) in [6.07, 6.45) is 2.63. The number of ether oxygens (including phenoxy) is 1. The number of hydrogen-bond acceptors (Lipinski definition) is 4. The zero-order chi connectivity index (χ0) is 19.0. The number of anilines is 1. The molecule has 0 aliphatic heterocycles. The van der Waals surface area contributed by atoms with Gasteiger partial charge in [-0.1, -0.05) is 17.7 Å². The summed E-state index contributed by atoms with van der Waals surface area (Å²) >= 11 is 6.06. The van der Waals surface area contributed by atoms with E-state index in [1.54, 1.807) is 24.3 Å². The van der Waals surface area contributed by atoms with Crippen LogP contribution in [0.2, 0.25) is 5.02 Å². The molecule has 5 nitrogen and oxygen atoms in total. The number of aryl methyl sites for hydroxylation is 2. The molecule has 0 radical (unpaired) electrons. The lowest BCUT2D eigenvalue weighted by Gasteiger charge is -2.10. The Morgan fingerprint density at radius 3 is 2.81 bits per heavy atom. The van der Waals surface area contributed by atoms with Gasteiger partial charge in [-0.2, -0.15) is 0 Å². The lowest BCUT2D eigenvalue weighted by atomic mass is 10.1. The molecule has 0 spiro atoms. The van der Waals surface area contributed by atoms with Crippen molar-refractivity contribution in [1.29, 1.82) is 0 Å². The van der Waals surface area contributed by atoms with E-state index in [1.807, 2.05) is 19.1 Å². The van der Waals surface area contributed by atoms with E-state index in [2.05, 4.69) is 5.32 Å². The zero-order valence-corrected chi connectivity index (χ0v) is 15.6.